The van der Waals surface area contributed by atoms with Gasteiger partial charge < -0.3 is 5.73 Å². The van der Waals surface area contributed by atoms with Crippen LogP contribution in [-0.2, 0) is 9.84 Å². The van der Waals surface area contributed by atoms with Crippen molar-refractivity contribution in [2.45, 2.75) is 10.8 Å². The molecule has 1 rings (SSSR count). The van der Waals surface area contributed by atoms with Crippen LogP contribution in [0, 0.1) is 0 Å². The van der Waals surface area contributed by atoms with Gasteiger partial charge in [0, 0.05) is 0 Å². The first-order valence-corrected chi connectivity index (χ1v) is 5.89. The summed E-state index contributed by atoms with van der Waals surface area (Å²) in [5.74, 6) is 0.0543. The minimum atomic E-state index is -3.21. The number of sulfone groups is 1. The van der Waals surface area contributed by atoms with Crippen LogP contribution in [0.25, 0.3) is 0 Å². The molecule has 2 N–H and O–H groups in total. The van der Waals surface area contributed by atoms with E-state index in [0.29, 0.717) is 13.0 Å². The average molecular weight is 207 g/mol. The molecule has 68 valence electrons. The zero-order valence-electron chi connectivity index (χ0n) is 6.30. The molecule has 1 aromatic rings. The summed E-state index contributed by atoms with van der Waals surface area (Å²) < 4.78 is 22.7. The van der Waals surface area contributed by atoms with Crippen molar-refractivity contribution in [2.24, 2.45) is 5.73 Å². The molecule has 0 saturated carbocycles. The summed E-state index contributed by atoms with van der Waals surface area (Å²) in [6.45, 7) is 0.373. The van der Waals surface area contributed by atoms with Gasteiger partial charge in [-0.15, -0.1) is 10.2 Å². The Morgan fingerprint density at radius 3 is 2.83 bits per heavy atom. The van der Waals surface area contributed by atoms with E-state index in [-0.39, 0.29) is 10.1 Å². The number of hydrogen-bond donors (Lipinski definition) is 1. The van der Waals surface area contributed by atoms with Crippen molar-refractivity contribution < 1.29 is 8.42 Å². The molecule has 7 heteroatoms. The summed E-state index contributed by atoms with van der Waals surface area (Å²) in [7, 11) is -3.21. The normalized spacial score (nSPS) is 11.8. The molecule has 12 heavy (non-hydrogen) atoms. The summed E-state index contributed by atoms with van der Waals surface area (Å²) in [5, 5.41) is 6.94. The Bertz CT molecular complexity index is 318. The van der Waals surface area contributed by atoms with Crippen LogP contribution in [0.3, 0.4) is 0 Å². The number of aromatic nitrogens is 2. The van der Waals surface area contributed by atoms with Crippen molar-refractivity contribution in [3.8, 4) is 0 Å². The van der Waals surface area contributed by atoms with Crippen LogP contribution in [-0.4, -0.2) is 30.9 Å². The zero-order chi connectivity index (χ0) is 9.03. The highest BCUT2D eigenvalue weighted by Gasteiger charge is 2.16. The Labute approximate surface area is 74.5 Å². The summed E-state index contributed by atoms with van der Waals surface area (Å²) in [6, 6.07) is 0. The van der Waals surface area contributed by atoms with Gasteiger partial charge in [-0.1, -0.05) is 11.3 Å². The molecule has 0 atom stereocenters. The van der Waals surface area contributed by atoms with Gasteiger partial charge in [-0.3, -0.25) is 0 Å². The lowest BCUT2D eigenvalue weighted by Crippen LogP contribution is -2.11. The van der Waals surface area contributed by atoms with Crippen LogP contribution in [0.5, 0.6) is 0 Å². The van der Waals surface area contributed by atoms with Gasteiger partial charge in [0.1, 0.15) is 5.51 Å². The third-order valence-corrected chi connectivity index (χ3v) is 4.20. The highest BCUT2D eigenvalue weighted by molar-refractivity contribution is 7.93. The maximum atomic E-state index is 11.3. The smallest absolute Gasteiger partial charge is 0.232 e. The van der Waals surface area contributed by atoms with Crippen molar-refractivity contribution >= 4 is 21.2 Å². The Morgan fingerprint density at radius 2 is 2.33 bits per heavy atom. The van der Waals surface area contributed by atoms with Gasteiger partial charge in [0.25, 0.3) is 0 Å². The summed E-state index contributed by atoms with van der Waals surface area (Å²) in [5.41, 5.74) is 6.59. The SMILES string of the molecule is NCCCS(=O)(=O)c1nncs1. The van der Waals surface area contributed by atoms with Gasteiger partial charge in [-0.2, -0.15) is 0 Å². The van der Waals surface area contributed by atoms with E-state index in [1.165, 1.54) is 5.51 Å². The van der Waals surface area contributed by atoms with E-state index in [2.05, 4.69) is 10.2 Å². The third kappa shape index (κ3) is 2.23. The first-order chi connectivity index (χ1) is 5.67. The van der Waals surface area contributed by atoms with Crippen molar-refractivity contribution in [1.29, 1.82) is 0 Å². The van der Waals surface area contributed by atoms with Crippen LogP contribution < -0.4 is 5.73 Å². The van der Waals surface area contributed by atoms with Crippen LogP contribution in [0.2, 0.25) is 0 Å². The topological polar surface area (TPSA) is 85.9 Å². The van der Waals surface area contributed by atoms with Gasteiger partial charge >= 0.3 is 0 Å². The average Bonchev–Trinajstić information content (AvgIpc) is 2.53. The number of nitrogens with zero attached hydrogens (tertiary/aromatic N) is 2. The quantitative estimate of drug-likeness (QED) is 0.730. The van der Waals surface area contributed by atoms with Crippen LogP contribution in [0.4, 0.5) is 0 Å². The second-order valence-corrected chi connectivity index (χ2v) is 5.28. The van der Waals surface area contributed by atoms with Crippen molar-refractivity contribution in [3.05, 3.63) is 5.51 Å². The van der Waals surface area contributed by atoms with E-state index in [0.717, 1.165) is 11.3 Å². The van der Waals surface area contributed by atoms with E-state index < -0.39 is 9.84 Å². The highest BCUT2D eigenvalue weighted by Crippen LogP contribution is 2.12. The Balaban J connectivity index is 2.74. The molecule has 0 radical (unpaired) electrons. The third-order valence-electron chi connectivity index (χ3n) is 1.22. The molecule has 0 unspecified atom stereocenters. The minimum Gasteiger partial charge on any atom is -0.330 e. The predicted molar refractivity (Wildman–Crippen MR) is 45.6 cm³/mol. The molecule has 0 spiro atoms. The Kier molecular flexibility index (Phi) is 3.12. The molecule has 0 aliphatic carbocycles. The predicted octanol–water partition coefficient (Wildman–Crippen LogP) is -0.339. The van der Waals surface area contributed by atoms with E-state index in [1.54, 1.807) is 0 Å². The molecule has 0 fully saturated rings. The number of hydrogen-bond acceptors (Lipinski definition) is 6. The first-order valence-electron chi connectivity index (χ1n) is 3.36. The van der Waals surface area contributed by atoms with Crippen molar-refractivity contribution in [2.75, 3.05) is 12.3 Å². The van der Waals surface area contributed by atoms with E-state index in [9.17, 15) is 8.42 Å². The lowest BCUT2D eigenvalue weighted by atomic mass is 10.5. The standard InChI is InChI=1S/C5H9N3O2S2/c6-2-1-3-12(9,10)5-8-7-4-11-5/h4H,1-3,6H2. The fraction of sp³-hybridized carbons (Fsp3) is 0.600. The molecule has 1 aromatic heterocycles. The largest absolute Gasteiger partial charge is 0.330 e. The zero-order valence-corrected chi connectivity index (χ0v) is 7.94. The second kappa shape index (κ2) is 3.92. The molecular weight excluding hydrogens is 198 g/mol. The van der Waals surface area contributed by atoms with Crippen LogP contribution in [0.1, 0.15) is 6.42 Å². The van der Waals surface area contributed by atoms with Gasteiger partial charge in [-0.05, 0) is 13.0 Å². The van der Waals surface area contributed by atoms with E-state index in [4.69, 9.17) is 5.73 Å². The molecule has 0 aliphatic heterocycles. The van der Waals surface area contributed by atoms with Crippen molar-refractivity contribution in [1.82, 2.24) is 10.2 Å². The van der Waals surface area contributed by atoms with Gasteiger partial charge in [0.05, 0.1) is 5.75 Å². The van der Waals surface area contributed by atoms with E-state index >= 15 is 0 Å². The molecule has 0 saturated heterocycles. The first kappa shape index (κ1) is 9.56. The minimum absolute atomic E-state index is 0.0543. The fourth-order valence-corrected chi connectivity index (χ4v) is 2.80. The van der Waals surface area contributed by atoms with Gasteiger partial charge in [0.15, 0.2) is 0 Å². The van der Waals surface area contributed by atoms with Crippen molar-refractivity contribution in [3.63, 3.8) is 0 Å². The van der Waals surface area contributed by atoms with Crippen LogP contribution >= 0.6 is 11.3 Å². The summed E-state index contributed by atoms with van der Waals surface area (Å²) >= 11 is 1.03. The number of rotatable bonds is 4. The monoisotopic (exact) mass is 207 g/mol. The lowest BCUT2D eigenvalue weighted by Gasteiger charge is -1.96. The van der Waals surface area contributed by atoms with Crippen LogP contribution in [0.15, 0.2) is 9.85 Å². The van der Waals surface area contributed by atoms with Gasteiger partial charge in [0.2, 0.25) is 14.2 Å². The molecule has 0 bridgehead atoms. The summed E-state index contributed by atoms with van der Waals surface area (Å²) in [6.07, 6.45) is 0.460. The molecule has 0 aliphatic rings. The maximum Gasteiger partial charge on any atom is 0.232 e. The molecule has 0 amide bonds. The molecular formula is C5H9N3O2S2. The summed E-state index contributed by atoms with van der Waals surface area (Å²) in [4.78, 5) is 0. The molecule has 1 heterocycles. The lowest BCUT2D eigenvalue weighted by molar-refractivity contribution is 0.591. The van der Waals surface area contributed by atoms with Gasteiger partial charge in [-0.25, -0.2) is 8.42 Å². The molecule has 5 nitrogen and oxygen atoms in total. The second-order valence-electron chi connectivity index (χ2n) is 2.17. The number of nitrogens with two attached hydrogens (primary N) is 1. The Hall–Kier alpha value is -0.530. The Morgan fingerprint density at radius 1 is 1.58 bits per heavy atom. The highest BCUT2D eigenvalue weighted by atomic mass is 32.2. The molecule has 0 aromatic carbocycles. The fourth-order valence-electron chi connectivity index (χ4n) is 0.659. The van der Waals surface area contributed by atoms with E-state index in [1.807, 2.05) is 0 Å². The maximum absolute atomic E-state index is 11.3.